The van der Waals surface area contributed by atoms with Gasteiger partial charge in [0, 0.05) is 17.5 Å². The van der Waals surface area contributed by atoms with Gasteiger partial charge in [-0.05, 0) is 48.6 Å². The summed E-state index contributed by atoms with van der Waals surface area (Å²) in [5.74, 6) is 0.901. The molecule has 1 unspecified atom stereocenters. The minimum atomic E-state index is 0.435. The van der Waals surface area contributed by atoms with Gasteiger partial charge >= 0.3 is 0 Å². The molecule has 1 aromatic heterocycles. The fourth-order valence-electron chi connectivity index (χ4n) is 2.72. The molecule has 0 saturated carbocycles. The molecule has 0 aliphatic heterocycles. The van der Waals surface area contributed by atoms with Crippen molar-refractivity contribution in [2.45, 2.75) is 31.8 Å². The molecule has 0 radical (unpaired) electrons. The van der Waals surface area contributed by atoms with Gasteiger partial charge in [-0.1, -0.05) is 23.7 Å². The van der Waals surface area contributed by atoms with Crippen LogP contribution in [0.4, 0.5) is 0 Å². The summed E-state index contributed by atoms with van der Waals surface area (Å²) in [5, 5.41) is 3.65. The fraction of sp³-hybridized carbons (Fsp3) is 0.375. The van der Waals surface area contributed by atoms with Gasteiger partial charge in [0.15, 0.2) is 0 Å². The first-order chi connectivity index (χ1) is 9.76. The Kier molecular flexibility index (Phi) is 4.29. The number of fused-ring (bicyclic) bond motifs is 1. The smallest absolute Gasteiger partial charge is 0.118 e. The second-order valence-electron chi connectivity index (χ2n) is 5.10. The molecular formula is C16H18ClNOS. The Morgan fingerprint density at radius 1 is 1.35 bits per heavy atom. The molecule has 0 bridgehead atoms. The van der Waals surface area contributed by atoms with Crippen molar-refractivity contribution in [2.24, 2.45) is 0 Å². The van der Waals surface area contributed by atoms with Crippen LogP contribution in [0.3, 0.4) is 0 Å². The summed E-state index contributed by atoms with van der Waals surface area (Å²) in [7, 11) is 1.69. The Labute approximate surface area is 128 Å². The first kappa shape index (κ1) is 13.9. The largest absolute Gasteiger partial charge is 0.497 e. The average Bonchev–Trinajstić information content (AvgIpc) is 2.86. The molecule has 1 atom stereocenters. The van der Waals surface area contributed by atoms with Crippen molar-refractivity contribution in [1.29, 1.82) is 0 Å². The lowest BCUT2D eigenvalue weighted by atomic mass is 9.94. The van der Waals surface area contributed by atoms with Crippen molar-refractivity contribution < 1.29 is 4.74 Å². The Balaban J connectivity index is 1.66. The van der Waals surface area contributed by atoms with E-state index in [0.717, 1.165) is 16.6 Å². The van der Waals surface area contributed by atoms with Gasteiger partial charge in [-0.15, -0.1) is 11.3 Å². The summed E-state index contributed by atoms with van der Waals surface area (Å²) >= 11 is 7.87. The maximum atomic E-state index is 6.14. The third-order valence-corrected chi connectivity index (χ3v) is 5.13. The van der Waals surface area contributed by atoms with E-state index in [9.17, 15) is 0 Å². The number of hydrogen-bond acceptors (Lipinski definition) is 3. The predicted octanol–water partition coefficient (Wildman–Crippen LogP) is 4.58. The van der Waals surface area contributed by atoms with Gasteiger partial charge in [-0.3, -0.25) is 0 Å². The Morgan fingerprint density at radius 3 is 2.90 bits per heavy atom. The number of benzene rings is 1. The van der Waals surface area contributed by atoms with Crippen molar-refractivity contribution in [3.63, 3.8) is 0 Å². The predicted molar refractivity (Wildman–Crippen MR) is 84.8 cm³/mol. The number of methoxy groups -OCH3 is 1. The minimum absolute atomic E-state index is 0.435. The van der Waals surface area contributed by atoms with Crippen LogP contribution in [0.2, 0.25) is 4.34 Å². The van der Waals surface area contributed by atoms with Gasteiger partial charge < -0.3 is 10.1 Å². The topological polar surface area (TPSA) is 21.3 Å². The summed E-state index contributed by atoms with van der Waals surface area (Å²) in [6, 6.07) is 10.8. The van der Waals surface area contributed by atoms with E-state index in [0.29, 0.717) is 6.04 Å². The van der Waals surface area contributed by atoms with Crippen LogP contribution in [0.25, 0.3) is 0 Å². The van der Waals surface area contributed by atoms with Gasteiger partial charge in [0.05, 0.1) is 11.4 Å². The molecule has 106 valence electrons. The molecule has 3 rings (SSSR count). The number of halogens is 1. The zero-order valence-electron chi connectivity index (χ0n) is 11.5. The third-order valence-electron chi connectivity index (χ3n) is 3.80. The summed E-state index contributed by atoms with van der Waals surface area (Å²) < 4.78 is 6.09. The van der Waals surface area contributed by atoms with E-state index in [1.807, 2.05) is 12.1 Å². The lowest BCUT2D eigenvalue weighted by Gasteiger charge is -2.23. The van der Waals surface area contributed by atoms with E-state index in [1.54, 1.807) is 18.4 Å². The number of aryl methyl sites for hydroxylation is 1. The third kappa shape index (κ3) is 3.00. The lowest BCUT2D eigenvalue weighted by Crippen LogP contribution is -2.23. The summed E-state index contributed by atoms with van der Waals surface area (Å²) in [5.41, 5.74) is 2.68. The van der Waals surface area contributed by atoms with Crippen molar-refractivity contribution in [2.75, 3.05) is 7.11 Å². The molecule has 0 amide bonds. The highest BCUT2D eigenvalue weighted by molar-refractivity contribution is 7.16. The first-order valence-corrected chi connectivity index (χ1v) is 8.10. The number of hydrogen-bond donors (Lipinski definition) is 1. The average molecular weight is 308 g/mol. The van der Waals surface area contributed by atoms with E-state index < -0.39 is 0 Å². The second kappa shape index (κ2) is 6.17. The molecular weight excluding hydrogens is 290 g/mol. The quantitative estimate of drug-likeness (QED) is 0.893. The van der Waals surface area contributed by atoms with Gasteiger partial charge in [0.1, 0.15) is 5.75 Å². The van der Waals surface area contributed by atoms with Crippen LogP contribution in [0, 0.1) is 0 Å². The maximum Gasteiger partial charge on any atom is 0.118 e. The summed E-state index contributed by atoms with van der Waals surface area (Å²) in [4.78, 5) is 1.45. The van der Waals surface area contributed by atoms with Gasteiger partial charge in [0.25, 0.3) is 0 Å². The Bertz CT molecular complexity index is 579. The molecule has 2 nitrogen and oxygen atoms in total. The van der Waals surface area contributed by atoms with E-state index in [-0.39, 0.29) is 0 Å². The van der Waals surface area contributed by atoms with Crippen LogP contribution >= 0.6 is 22.9 Å². The molecule has 20 heavy (non-hydrogen) atoms. The molecule has 1 aliphatic rings. The summed E-state index contributed by atoms with van der Waals surface area (Å²) in [6.07, 6.45) is 3.60. The van der Waals surface area contributed by atoms with Gasteiger partial charge in [-0.25, -0.2) is 0 Å². The van der Waals surface area contributed by atoms with Crippen LogP contribution in [-0.2, 0) is 13.0 Å². The molecule has 2 aromatic rings. The SMILES string of the molecule is COc1ccc(CNC2CCCc3sc(Cl)cc32)cc1. The monoisotopic (exact) mass is 307 g/mol. The molecule has 4 heteroatoms. The Morgan fingerprint density at radius 2 is 2.15 bits per heavy atom. The van der Waals surface area contributed by atoms with E-state index in [1.165, 1.54) is 35.3 Å². The Hall–Kier alpha value is -1.03. The normalized spacial score (nSPS) is 17.8. The van der Waals surface area contributed by atoms with Crippen molar-refractivity contribution in [1.82, 2.24) is 5.32 Å². The molecule has 1 aromatic carbocycles. The zero-order valence-corrected chi connectivity index (χ0v) is 13.1. The van der Waals surface area contributed by atoms with E-state index in [2.05, 4.69) is 23.5 Å². The summed E-state index contributed by atoms with van der Waals surface area (Å²) in [6.45, 7) is 0.877. The van der Waals surface area contributed by atoms with E-state index >= 15 is 0 Å². The minimum Gasteiger partial charge on any atom is -0.497 e. The number of ether oxygens (including phenoxy) is 1. The van der Waals surface area contributed by atoms with Crippen molar-refractivity contribution >= 4 is 22.9 Å². The van der Waals surface area contributed by atoms with Gasteiger partial charge in [0.2, 0.25) is 0 Å². The maximum absolute atomic E-state index is 6.14. The molecule has 0 fully saturated rings. The fourth-order valence-corrected chi connectivity index (χ4v) is 4.10. The zero-order chi connectivity index (χ0) is 13.9. The molecule has 1 heterocycles. The number of thiophene rings is 1. The number of rotatable bonds is 4. The highest BCUT2D eigenvalue weighted by Gasteiger charge is 2.22. The van der Waals surface area contributed by atoms with Crippen LogP contribution in [-0.4, -0.2) is 7.11 Å². The van der Waals surface area contributed by atoms with Gasteiger partial charge in [-0.2, -0.15) is 0 Å². The highest BCUT2D eigenvalue weighted by Crippen LogP contribution is 2.37. The first-order valence-electron chi connectivity index (χ1n) is 6.90. The van der Waals surface area contributed by atoms with E-state index in [4.69, 9.17) is 16.3 Å². The molecule has 0 spiro atoms. The second-order valence-corrected chi connectivity index (χ2v) is 6.87. The molecule has 1 N–H and O–H groups in total. The number of nitrogens with one attached hydrogen (secondary N) is 1. The highest BCUT2D eigenvalue weighted by atomic mass is 35.5. The van der Waals surface area contributed by atoms with Crippen LogP contribution in [0.5, 0.6) is 5.75 Å². The molecule has 0 saturated heterocycles. The van der Waals surface area contributed by atoms with Crippen molar-refractivity contribution in [3.05, 3.63) is 50.7 Å². The lowest BCUT2D eigenvalue weighted by molar-refractivity contribution is 0.414. The standard InChI is InChI=1S/C16H18ClNOS/c1-19-12-7-5-11(6-8-12)10-18-14-3-2-4-15-13(14)9-16(17)20-15/h5-9,14,18H,2-4,10H2,1H3. The molecule has 1 aliphatic carbocycles. The van der Waals surface area contributed by atoms with Crippen LogP contribution in [0.1, 0.15) is 34.9 Å². The van der Waals surface area contributed by atoms with Crippen molar-refractivity contribution in [3.8, 4) is 5.75 Å². The van der Waals surface area contributed by atoms with Crippen LogP contribution < -0.4 is 10.1 Å². The van der Waals surface area contributed by atoms with Crippen LogP contribution in [0.15, 0.2) is 30.3 Å².